The lowest BCUT2D eigenvalue weighted by atomic mass is 9.81. The van der Waals surface area contributed by atoms with E-state index in [1.807, 2.05) is 0 Å². The summed E-state index contributed by atoms with van der Waals surface area (Å²) in [5.41, 5.74) is 20.4. The molecule has 1 heteroatoms. The molecule has 12 rings (SSSR count). The van der Waals surface area contributed by atoms with Gasteiger partial charge in [-0.1, -0.05) is 220 Å². The molecular weight excluding hydrogens is 795 g/mol. The summed E-state index contributed by atoms with van der Waals surface area (Å²) < 4.78 is 0. The van der Waals surface area contributed by atoms with Gasteiger partial charge in [0.15, 0.2) is 0 Å². The maximum absolute atomic E-state index is 2.50. The summed E-state index contributed by atoms with van der Waals surface area (Å²) in [6.07, 6.45) is 0. The van der Waals surface area contributed by atoms with Gasteiger partial charge in [-0.15, -0.1) is 0 Å². The Morgan fingerprint density at radius 3 is 1.50 bits per heavy atom. The van der Waals surface area contributed by atoms with Gasteiger partial charge in [-0.2, -0.15) is 0 Å². The van der Waals surface area contributed by atoms with Crippen molar-refractivity contribution in [2.24, 2.45) is 0 Å². The number of hydrogen-bond donors (Lipinski definition) is 0. The Hall–Kier alpha value is -8.26. The first kappa shape index (κ1) is 39.3. The highest BCUT2D eigenvalue weighted by Crippen LogP contribution is 2.53. The van der Waals surface area contributed by atoms with Gasteiger partial charge in [0.2, 0.25) is 0 Å². The number of fused-ring (bicyclic) bond motifs is 6. The van der Waals surface area contributed by atoms with Gasteiger partial charge in [0.25, 0.3) is 0 Å². The van der Waals surface area contributed by atoms with Crippen molar-refractivity contribution in [3.63, 3.8) is 0 Å². The average molecular weight is 842 g/mol. The molecule has 0 spiro atoms. The van der Waals surface area contributed by atoms with E-state index in [9.17, 15) is 0 Å². The maximum atomic E-state index is 2.50. The number of benzene rings is 11. The first-order chi connectivity index (χ1) is 32.5. The molecule has 312 valence electrons. The van der Waals surface area contributed by atoms with E-state index in [0.29, 0.717) is 0 Å². The fourth-order valence-electron chi connectivity index (χ4n) is 10.6. The highest BCUT2D eigenvalue weighted by molar-refractivity contribution is 6.14. The van der Waals surface area contributed by atoms with Crippen LogP contribution < -0.4 is 4.90 Å². The Morgan fingerprint density at radius 2 is 0.788 bits per heavy atom. The fraction of sp³-hybridized carbons (Fsp3) is 0.0462. The SMILES string of the molecule is CC1(C)c2cc(-c3ccccc3)ccc2-c2ccc(N(c3ccc(-c4cc5ccccc5c5ccccc45)cc3)c3cccc(-c4ccccc4)c3-c3ccccc3-c3ccccc3)cc21. The van der Waals surface area contributed by atoms with E-state index in [1.54, 1.807) is 0 Å². The van der Waals surface area contributed by atoms with Crippen molar-refractivity contribution >= 4 is 38.6 Å². The third kappa shape index (κ3) is 6.63. The lowest BCUT2D eigenvalue weighted by Crippen LogP contribution is -2.17. The molecule has 0 N–H and O–H groups in total. The molecule has 0 atom stereocenters. The molecule has 0 heterocycles. The molecule has 0 fully saturated rings. The summed E-state index contributed by atoms with van der Waals surface area (Å²) in [6, 6.07) is 91.5. The van der Waals surface area contributed by atoms with E-state index >= 15 is 0 Å². The van der Waals surface area contributed by atoms with Crippen molar-refractivity contribution in [2.75, 3.05) is 4.90 Å². The number of anilines is 3. The van der Waals surface area contributed by atoms with E-state index in [1.165, 1.54) is 99.4 Å². The molecule has 0 amide bonds. The zero-order valence-corrected chi connectivity index (χ0v) is 37.1. The summed E-state index contributed by atoms with van der Waals surface area (Å²) in [5.74, 6) is 0. The smallest absolute Gasteiger partial charge is 0.0546 e. The quantitative estimate of drug-likeness (QED) is 0.138. The minimum absolute atomic E-state index is 0.229. The monoisotopic (exact) mass is 841 g/mol. The minimum atomic E-state index is -0.229. The van der Waals surface area contributed by atoms with Crippen LogP contribution in [0.3, 0.4) is 0 Å². The van der Waals surface area contributed by atoms with E-state index < -0.39 is 0 Å². The van der Waals surface area contributed by atoms with Crippen molar-refractivity contribution in [3.8, 4) is 66.8 Å². The van der Waals surface area contributed by atoms with Crippen LogP contribution in [0.2, 0.25) is 0 Å². The number of nitrogens with zero attached hydrogens (tertiary/aromatic N) is 1. The molecule has 11 aromatic rings. The predicted molar refractivity (Wildman–Crippen MR) is 281 cm³/mol. The lowest BCUT2D eigenvalue weighted by molar-refractivity contribution is 0.660. The molecule has 1 nitrogen and oxygen atoms in total. The van der Waals surface area contributed by atoms with Gasteiger partial charge < -0.3 is 4.90 Å². The van der Waals surface area contributed by atoms with Crippen molar-refractivity contribution in [3.05, 3.63) is 260 Å². The minimum Gasteiger partial charge on any atom is -0.310 e. The number of hydrogen-bond acceptors (Lipinski definition) is 1. The molecule has 0 radical (unpaired) electrons. The van der Waals surface area contributed by atoms with Crippen LogP contribution in [0, 0.1) is 0 Å². The van der Waals surface area contributed by atoms with Crippen LogP contribution in [0.15, 0.2) is 249 Å². The first-order valence-electron chi connectivity index (χ1n) is 23.0. The molecular formula is C65H47N. The van der Waals surface area contributed by atoms with Gasteiger partial charge in [-0.25, -0.2) is 0 Å². The van der Waals surface area contributed by atoms with Crippen LogP contribution in [-0.4, -0.2) is 0 Å². The summed E-state index contributed by atoms with van der Waals surface area (Å²) >= 11 is 0. The summed E-state index contributed by atoms with van der Waals surface area (Å²) in [4.78, 5) is 2.50. The zero-order valence-electron chi connectivity index (χ0n) is 37.1. The van der Waals surface area contributed by atoms with Crippen LogP contribution in [0.4, 0.5) is 17.1 Å². The van der Waals surface area contributed by atoms with Gasteiger partial charge in [-0.05, 0) is 136 Å². The highest BCUT2D eigenvalue weighted by Gasteiger charge is 2.36. The Labute approximate surface area is 387 Å². The highest BCUT2D eigenvalue weighted by atomic mass is 15.1. The molecule has 1 aliphatic carbocycles. The molecule has 0 saturated carbocycles. The summed E-state index contributed by atoms with van der Waals surface area (Å²) in [6.45, 7) is 4.78. The van der Waals surface area contributed by atoms with Crippen molar-refractivity contribution in [1.82, 2.24) is 0 Å². The molecule has 11 aromatic carbocycles. The standard InChI is InChI=1S/C65H47N/c1-65(2)61-42-48(44-19-6-3-7-20-44)35-39-57(61)58-40-38-51(43-62(58)65)66(50-36-33-47(34-37-50)60-41-49-25-12-13-27-53(49)55-28-15-16-29-56(55)60)63-32-18-31-54(46-23-10-5-11-24-46)64(63)59-30-17-14-26-52(59)45-21-8-4-9-22-45/h3-43H,1-2H3. The lowest BCUT2D eigenvalue weighted by Gasteiger charge is -2.31. The number of rotatable bonds is 8. The molecule has 0 saturated heterocycles. The van der Waals surface area contributed by atoms with Gasteiger partial charge in [0.1, 0.15) is 0 Å². The van der Waals surface area contributed by atoms with Crippen molar-refractivity contribution in [1.29, 1.82) is 0 Å². The van der Waals surface area contributed by atoms with Gasteiger partial charge in [0, 0.05) is 22.4 Å². The van der Waals surface area contributed by atoms with Crippen molar-refractivity contribution < 1.29 is 0 Å². The average Bonchev–Trinajstić information content (AvgIpc) is 3.61. The Morgan fingerprint density at radius 1 is 0.288 bits per heavy atom. The maximum Gasteiger partial charge on any atom is 0.0546 e. The normalized spacial score (nSPS) is 12.5. The predicted octanol–water partition coefficient (Wildman–Crippen LogP) is 18.1. The molecule has 0 aromatic heterocycles. The fourth-order valence-corrected chi connectivity index (χ4v) is 10.6. The second-order valence-corrected chi connectivity index (χ2v) is 18.0. The summed E-state index contributed by atoms with van der Waals surface area (Å²) in [7, 11) is 0. The van der Waals surface area contributed by atoms with Crippen molar-refractivity contribution in [2.45, 2.75) is 19.3 Å². The van der Waals surface area contributed by atoms with E-state index in [2.05, 4.69) is 267 Å². The third-order valence-corrected chi connectivity index (χ3v) is 13.9. The van der Waals surface area contributed by atoms with E-state index in [4.69, 9.17) is 0 Å². The molecule has 0 unspecified atom stereocenters. The Kier molecular flexibility index (Phi) is 9.58. The second kappa shape index (κ2) is 16.1. The zero-order chi connectivity index (χ0) is 44.2. The molecule has 66 heavy (non-hydrogen) atoms. The van der Waals surface area contributed by atoms with Gasteiger partial charge in [0.05, 0.1) is 5.69 Å². The van der Waals surface area contributed by atoms with Crippen LogP contribution in [0.25, 0.3) is 88.3 Å². The van der Waals surface area contributed by atoms with E-state index in [0.717, 1.165) is 17.1 Å². The topological polar surface area (TPSA) is 3.24 Å². The van der Waals surface area contributed by atoms with Crippen LogP contribution in [0.1, 0.15) is 25.0 Å². The van der Waals surface area contributed by atoms with Crippen LogP contribution in [0.5, 0.6) is 0 Å². The van der Waals surface area contributed by atoms with Gasteiger partial charge in [-0.3, -0.25) is 0 Å². The second-order valence-electron chi connectivity index (χ2n) is 18.0. The summed E-state index contributed by atoms with van der Waals surface area (Å²) in [5, 5.41) is 5.05. The van der Waals surface area contributed by atoms with E-state index in [-0.39, 0.29) is 5.41 Å². The largest absolute Gasteiger partial charge is 0.310 e. The Balaban J connectivity index is 1.08. The molecule has 0 aliphatic heterocycles. The van der Waals surface area contributed by atoms with Crippen LogP contribution in [-0.2, 0) is 5.41 Å². The first-order valence-corrected chi connectivity index (χ1v) is 23.0. The van der Waals surface area contributed by atoms with Crippen LogP contribution >= 0.6 is 0 Å². The third-order valence-electron chi connectivity index (χ3n) is 13.9. The molecule has 1 aliphatic rings. The Bertz CT molecular complexity index is 3590. The van der Waals surface area contributed by atoms with Gasteiger partial charge >= 0.3 is 0 Å². The molecule has 0 bridgehead atoms.